The van der Waals surface area contributed by atoms with E-state index >= 15 is 0 Å². The molecule has 3 N–H and O–H groups in total. The summed E-state index contributed by atoms with van der Waals surface area (Å²) in [5.74, 6) is -0.925. The number of halogens is 3. The molecule has 138 valence electrons. The second-order valence-corrected chi connectivity index (χ2v) is 6.61. The zero-order valence-corrected chi connectivity index (χ0v) is 15.1. The Labute approximate surface area is 158 Å². The molecule has 2 heterocycles. The van der Waals surface area contributed by atoms with Crippen LogP contribution in [0.5, 0.6) is 0 Å². The van der Waals surface area contributed by atoms with E-state index < -0.39 is 11.6 Å². The average Bonchev–Trinajstić information content (AvgIpc) is 2.95. The van der Waals surface area contributed by atoms with Gasteiger partial charge in [-0.3, -0.25) is 4.57 Å². The highest BCUT2D eigenvalue weighted by atomic mass is 35.5. The lowest BCUT2D eigenvalue weighted by Crippen LogP contribution is -2.13. The summed E-state index contributed by atoms with van der Waals surface area (Å²) in [6.07, 6.45) is 4.77. The van der Waals surface area contributed by atoms with E-state index in [2.05, 4.69) is 20.3 Å². The number of nitrogens with two attached hydrogens (primary N) is 1. The van der Waals surface area contributed by atoms with Crippen LogP contribution in [0.4, 0.5) is 20.4 Å². The van der Waals surface area contributed by atoms with Crippen molar-refractivity contribution in [3.63, 3.8) is 0 Å². The summed E-state index contributed by atoms with van der Waals surface area (Å²) in [5.41, 5.74) is 7.55. The van der Waals surface area contributed by atoms with Crippen LogP contribution in [-0.4, -0.2) is 19.5 Å². The fourth-order valence-electron chi connectivity index (χ4n) is 2.92. The lowest BCUT2D eigenvalue weighted by molar-refractivity contribution is 0.620. The fourth-order valence-corrected chi connectivity index (χ4v) is 3.08. The molecule has 1 aliphatic carbocycles. The van der Waals surface area contributed by atoms with Gasteiger partial charge in [-0.25, -0.2) is 9.37 Å². The molecule has 27 heavy (non-hydrogen) atoms. The van der Waals surface area contributed by atoms with Crippen molar-refractivity contribution in [2.45, 2.75) is 19.8 Å². The van der Waals surface area contributed by atoms with E-state index in [-0.39, 0.29) is 17.6 Å². The Morgan fingerprint density at radius 1 is 1.15 bits per heavy atom. The number of nitrogen functional groups attached to an aromatic ring is 1. The average molecular weight is 389 g/mol. The first-order valence-corrected chi connectivity index (χ1v) is 8.60. The van der Waals surface area contributed by atoms with Crippen LogP contribution in [0.15, 0.2) is 41.1 Å². The molecule has 0 atom stereocenters. The van der Waals surface area contributed by atoms with Gasteiger partial charge in [0.05, 0.1) is 11.0 Å². The Kier molecular flexibility index (Phi) is 4.27. The topological polar surface area (TPSA) is 81.7 Å². The number of nitrogens with zero attached hydrogens (tertiary/aromatic N) is 4. The van der Waals surface area contributed by atoms with Crippen molar-refractivity contribution in [1.29, 1.82) is 0 Å². The summed E-state index contributed by atoms with van der Waals surface area (Å²) < 4.78 is 29.7. The molecule has 6 nitrogen and oxygen atoms in total. The van der Waals surface area contributed by atoms with E-state index in [1.807, 2.05) is 0 Å². The fraction of sp³-hybridized carbons (Fsp3) is 0.167. The SMILES string of the molecule is Cc1nc2ccc(F)cc2n1-c1nc(N)c(F)c(NC2=CC=C(Cl)CC2)n1. The Morgan fingerprint density at radius 3 is 2.70 bits per heavy atom. The third-order valence-electron chi connectivity index (χ3n) is 4.23. The summed E-state index contributed by atoms with van der Waals surface area (Å²) in [4.78, 5) is 12.6. The molecular formula is C18H15ClF2N6. The minimum absolute atomic E-state index is 0.0622. The first kappa shape index (κ1) is 17.4. The molecule has 3 aromatic rings. The number of benzene rings is 1. The Hall–Kier alpha value is -3.00. The number of aryl methyl sites for hydroxylation is 1. The number of nitrogens with one attached hydrogen (secondary N) is 1. The number of fused-ring (bicyclic) bond motifs is 1. The largest absolute Gasteiger partial charge is 0.381 e. The Bertz CT molecular complexity index is 1120. The van der Waals surface area contributed by atoms with Gasteiger partial charge in [-0.1, -0.05) is 11.6 Å². The molecule has 2 aromatic heterocycles. The molecule has 0 saturated heterocycles. The lowest BCUT2D eigenvalue weighted by atomic mass is 10.1. The van der Waals surface area contributed by atoms with Crippen LogP contribution in [0, 0.1) is 18.6 Å². The minimum Gasteiger partial charge on any atom is -0.381 e. The second-order valence-electron chi connectivity index (χ2n) is 6.13. The van der Waals surface area contributed by atoms with Crippen LogP contribution in [0.1, 0.15) is 18.7 Å². The van der Waals surface area contributed by atoms with E-state index in [4.69, 9.17) is 17.3 Å². The number of anilines is 2. The molecule has 0 aliphatic heterocycles. The van der Waals surface area contributed by atoms with Gasteiger partial charge in [0.25, 0.3) is 0 Å². The maximum Gasteiger partial charge on any atom is 0.239 e. The van der Waals surface area contributed by atoms with Gasteiger partial charge in [0, 0.05) is 16.8 Å². The molecule has 4 rings (SSSR count). The molecule has 0 fully saturated rings. The summed E-state index contributed by atoms with van der Waals surface area (Å²) in [6, 6.07) is 4.20. The van der Waals surface area contributed by atoms with Crippen molar-refractivity contribution in [3.8, 4) is 5.95 Å². The molecule has 0 amide bonds. The van der Waals surface area contributed by atoms with Gasteiger partial charge in [-0.05, 0) is 44.1 Å². The predicted molar refractivity (Wildman–Crippen MR) is 101 cm³/mol. The van der Waals surface area contributed by atoms with Crippen LogP contribution >= 0.6 is 11.6 Å². The Morgan fingerprint density at radius 2 is 1.96 bits per heavy atom. The number of imidazole rings is 1. The number of hydrogen-bond donors (Lipinski definition) is 2. The highest BCUT2D eigenvalue weighted by Crippen LogP contribution is 2.27. The van der Waals surface area contributed by atoms with E-state index in [9.17, 15) is 8.78 Å². The normalized spacial score (nSPS) is 14.2. The van der Waals surface area contributed by atoms with Crippen molar-refractivity contribution in [2.24, 2.45) is 0 Å². The van der Waals surface area contributed by atoms with Crippen molar-refractivity contribution in [3.05, 3.63) is 58.5 Å². The van der Waals surface area contributed by atoms with Crippen molar-refractivity contribution in [1.82, 2.24) is 19.5 Å². The first-order valence-electron chi connectivity index (χ1n) is 8.22. The van der Waals surface area contributed by atoms with Crippen molar-refractivity contribution in [2.75, 3.05) is 11.1 Å². The van der Waals surface area contributed by atoms with Crippen LogP contribution in [0.25, 0.3) is 17.0 Å². The van der Waals surface area contributed by atoms with E-state index in [0.717, 1.165) is 10.7 Å². The third-order valence-corrected chi connectivity index (χ3v) is 4.54. The summed E-state index contributed by atoms with van der Waals surface area (Å²) in [6.45, 7) is 1.73. The molecule has 0 bridgehead atoms. The lowest BCUT2D eigenvalue weighted by Gasteiger charge is -2.15. The van der Waals surface area contributed by atoms with Crippen LogP contribution in [-0.2, 0) is 0 Å². The summed E-state index contributed by atoms with van der Waals surface area (Å²) >= 11 is 5.95. The third kappa shape index (κ3) is 3.23. The minimum atomic E-state index is -0.756. The number of allylic oxidation sites excluding steroid dienone is 4. The predicted octanol–water partition coefficient (Wildman–Crippen LogP) is 4.20. The standard InChI is InChI=1S/C18H15ClF2N6/c1-9-23-13-7-4-11(20)8-14(13)27(9)18-25-16(22)15(21)17(26-18)24-12-5-2-10(19)3-6-12/h2,4-5,7-8H,3,6H2,1H3,(H3,22,24,25,26). The van der Waals surface area contributed by atoms with E-state index in [0.29, 0.717) is 29.7 Å². The summed E-state index contributed by atoms with van der Waals surface area (Å²) in [7, 11) is 0. The molecular weight excluding hydrogens is 374 g/mol. The van der Waals surface area contributed by atoms with E-state index in [1.54, 1.807) is 25.1 Å². The molecule has 0 unspecified atom stereocenters. The molecule has 0 spiro atoms. The zero-order valence-electron chi connectivity index (χ0n) is 14.3. The van der Waals surface area contributed by atoms with E-state index in [1.165, 1.54) is 16.7 Å². The van der Waals surface area contributed by atoms with Gasteiger partial charge >= 0.3 is 0 Å². The van der Waals surface area contributed by atoms with Crippen LogP contribution in [0.2, 0.25) is 0 Å². The first-order chi connectivity index (χ1) is 12.9. The van der Waals surface area contributed by atoms with Crippen molar-refractivity contribution >= 4 is 34.3 Å². The van der Waals surface area contributed by atoms with Gasteiger partial charge < -0.3 is 11.1 Å². The second kappa shape index (κ2) is 6.62. The van der Waals surface area contributed by atoms with Gasteiger partial charge in [0.1, 0.15) is 11.6 Å². The molecule has 0 radical (unpaired) electrons. The van der Waals surface area contributed by atoms with Gasteiger partial charge in [0.15, 0.2) is 11.6 Å². The summed E-state index contributed by atoms with van der Waals surface area (Å²) in [5, 5.41) is 3.66. The smallest absolute Gasteiger partial charge is 0.239 e. The number of hydrogen-bond acceptors (Lipinski definition) is 5. The monoisotopic (exact) mass is 388 g/mol. The number of rotatable bonds is 3. The van der Waals surface area contributed by atoms with Gasteiger partial charge in [-0.2, -0.15) is 14.4 Å². The maximum absolute atomic E-state index is 14.5. The van der Waals surface area contributed by atoms with Gasteiger partial charge in [0.2, 0.25) is 11.8 Å². The molecule has 1 aromatic carbocycles. The molecule has 1 aliphatic rings. The Balaban J connectivity index is 1.82. The van der Waals surface area contributed by atoms with Crippen LogP contribution < -0.4 is 11.1 Å². The van der Waals surface area contributed by atoms with Crippen molar-refractivity contribution < 1.29 is 8.78 Å². The highest BCUT2D eigenvalue weighted by Gasteiger charge is 2.18. The highest BCUT2D eigenvalue weighted by molar-refractivity contribution is 6.29. The molecule has 9 heteroatoms. The quantitative estimate of drug-likeness (QED) is 0.702. The zero-order chi connectivity index (χ0) is 19.1. The van der Waals surface area contributed by atoms with Gasteiger partial charge in [-0.15, -0.1) is 0 Å². The maximum atomic E-state index is 14.5. The number of aromatic nitrogens is 4. The van der Waals surface area contributed by atoms with Crippen LogP contribution in [0.3, 0.4) is 0 Å². The molecule has 0 saturated carbocycles.